The highest BCUT2D eigenvalue weighted by Crippen LogP contribution is 2.36. The Morgan fingerprint density at radius 1 is 1.03 bits per heavy atom. The number of hydrogen-bond acceptors (Lipinski definition) is 6. The quantitative estimate of drug-likeness (QED) is 0.760. The summed E-state index contributed by atoms with van der Waals surface area (Å²) in [7, 11) is 2.50. The summed E-state index contributed by atoms with van der Waals surface area (Å²) in [6, 6.07) is 9.79. The van der Waals surface area contributed by atoms with E-state index in [1.807, 2.05) is 30.3 Å². The van der Waals surface area contributed by atoms with Crippen molar-refractivity contribution in [2.75, 3.05) is 14.2 Å². The molecule has 30 heavy (non-hydrogen) atoms. The fourth-order valence-corrected chi connectivity index (χ4v) is 4.34. The summed E-state index contributed by atoms with van der Waals surface area (Å²) >= 11 is 0. The molecule has 1 unspecified atom stereocenters. The highest BCUT2D eigenvalue weighted by atomic mass is 16.5. The Labute approximate surface area is 174 Å². The number of esters is 2. The monoisotopic (exact) mass is 411 g/mol. The first-order valence-electron chi connectivity index (χ1n) is 10.1. The number of nitrogens with one attached hydrogen (secondary N) is 1. The smallest absolute Gasteiger partial charge is 0.340 e. The Kier molecular flexibility index (Phi) is 5.48. The Hall–Kier alpha value is -3.29. The molecular weight excluding hydrogens is 386 g/mol. The Bertz CT molecular complexity index is 1040. The van der Waals surface area contributed by atoms with Gasteiger partial charge in [-0.3, -0.25) is 4.79 Å². The van der Waals surface area contributed by atoms with Gasteiger partial charge in [-0.1, -0.05) is 49.6 Å². The number of carbonyl (C=O) groups excluding carboxylic acids is 2. The van der Waals surface area contributed by atoms with Crippen LogP contribution in [0, 0.1) is 0 Å². The molecule has 1 aromatic heterocycles. The minimum absolute atomic E-state index is 0.0878. The maximum Gasteiger partial charge on any atom is 0.340 e. The zero-order chi connectivity index (χ0) is 21.3. The van der Waals surface area contributed by atoms with Crippen molar-refractivity contribution in [1.29, 1.82) is 0 Å². The van der Waals surface area contributed by atoms with E-state index in [9.17, 15) is 14.4 Å². The van der Waals surface area contributed by atoms with Gasteiger partial charge in [-0.2, -0.15) is 0 Å². The minimum Gasteiger partial charge on any atom is -0.467 e. The molecule has 2 aliphatic rings. The number of methoxy groups -OCH3 is 2. The summed E-state index contributed by atoms with van der Waals surface area (Å²) in [4.78, 5) is 38.4. The molecule has 1 aliphatic carbocycles. The van der Waals surface area contributed by atoms with E-state index >= 15 is 0 Å². The SMILES string of the molecule is COC(=O)C1=C(NC2CCCCC2)n2c(-c3ccccc3)cc(=O)n2C1C(=O)OC. The maximum atomic E-state index is 13.0. The van der Waals surface area contributed by atoms with Gasteiger partial charge in [0, 0.05) is 17.7 Å². The van der Waals surface area contributed by atoms with Crippen LogP contribution in [0.5, 0.6) is 0 Å². The van der Waals surface area contributed by atoms with Gasteiger partial charge in [0.25, 0.3) is 5.56 Å². The third kappa shape index (κ3) is 3.32. The molecule has 8 heteroatoms. The van der Waals surface area contributed by atoms with Gasteiger partial charge in [-0.25, -0.2) is 19.0 Å². The fraction of sp³-hybridized carbons (Fsp3) is 0.409. The first kappa shape index (κ1) is 20.0. The lowest BCUT2D eigenvalue weighted by atomic mass is 9.95. The van der Waals surface area contributed by atoms with Crippen molar-refractivity contribution >= 4 is 17.8 Å². The lowest BCUT2D eigenvalue weighted by Crippen LogP contribution is -2.33. The first-order valence-corrected chi connectivity index (χ1v) is 10.1. The first-order chi connectivity index (χ1) is 14.6. The zero-order valence-corrected chi connectivity index (χ0v) is 17.1. The third-order valence-corrected chi connectivity index (χ3v) is 5.76. The molecule has 2 heterocycles. The standard InChI is InChI=1S/C22H25N3O5/c1-29-21(27)18-19(22(28)30-2)25-17(26)13-16(14-9-5-3-6-10-14)24(25)20(18)23-15-11-7-4-8-12-15/h3,5-6,9-10,13,15,19,23H,4,7-8,11-12H2,1-2H3. The van der Waals surface area contributed by atoms with Crippen molar-refractivity contribution in [3.05, 3.63) is 52.3 Å². The molecule has 1 fully saturated rings. The van der Waals surface area contributed by atoms with Gasteiger partial charge < -0.3 is 14.8 Å². The second kappa shape index (κ2) is 8.22. The molecule has 158 valence electrons. The van der Waals surface area contributed by atoms with Crippen molar-refractivity contribution in [3.63, 3.8) is 0 Å². The number of nitrogens with zero attached hydrogens (tertiary/aromatic N) is 2. The number of fused-ring (bicyclic) bond motifs is 1. The molecule has 1 aromatic carbocycles. The Morgan fingerprint density at radius 3 is 2.37 bits per heavy atom. The average molecular weight is 411 g/mol. The third-order valence-electron chi connectivity index (χ3n) is 5.76. The largest absolute Gasteiger partial charge is 0.467 e. The second-order valence-corrected chi connectivity index (χ2v) is 7.55. The number of carbonyl (C=O) groups is 2. The van der Waals surface area contributed by atoms with Crippen LogP contribution < -0.4 is 10.9 Å². The van der Waals surface area contributed by atoms with E-state index in [0.717, 1.165) is 31.2 Å². The Balaban J connectivity index is 1.94. The highest BCUT2D eigenvalue weighted by molar-refractivity contribution is 6.02. The fourth-order valence-electron chi connectivity index (χ4n) is 4.34. The summed E-state index contributed by atoms with van der Waals surface area (Å²) in [5.74, 6) is -0.958. The lowest BCUT2D eigenvalue weighted by Gasteiger charge is -2.25. The molecule has 0 amide bonds. The van der Waals surface area contributed by atoms with Crippen LogP contribution >= 0.6 is 0 Å². The van der Waals surface area contributed by atoms with Crippen LogP contribution in [0.15, 0.2) is 46.8 Å². The van der Waals surface area contributed by atoms with E-state index in [0.29, 0.717) is 11.5 Å². The summed E-state index contributed by atoms with van der Waals surface area (Å²) in [6.07, 6.45) is 5.25. The van der Waals surface area contributed by atoms with Crippen molar-refractivity contribution < 1.29 is 19.1 Å². The minimum atomic E-state index is -1.21. The number of ether oxygens (including phenoxy) is 2. The molecule has 2 aromatic rings. The topological polar surface area (TPSA) is 91.6 Å². The van der Waals surface area contributed by atoms with E-state index in [1.54, 1.807) is 4.68 Å². The van der Waals surface area contributed by atoms with Crippen molar-refractivity contribution in [1.82, 2.24) is 14.7 Å². The predicted octanol–water partition coefficient (Wildman–Crippen LogP) is 2.31. The molecule has 0 spiro atoms. The number of aromatic nitrogens is 2. The zero-order valence-electron chi connectivity index (χ0n) is 17.1. The predicted molar refractivity (Wildman–Crippen MR) is 110 cm³/mol. The average Bonchev–Trinajstić information content (AvgIpc) is 3.30. The summed E-state index contributed by atoms with van der Waals surface area (Å²) < 4.78 is 12.8. The highest BCUT2D eigenvalue weighted by Gasteiger charge is 2.44. The van der Waals surface area contributed by atoms with Crippen LogP contribution in [-0.4, -0.2) is 41.6 Å². The van der Waals surface area contributed by atoms with Crippen molar-refractivity contribution in [2.45, 2.75) is 44.2 Å². The lowest BCUT2D eigenvalue weighted by molar-refractivity contribution is -0.146. The van der Waals surface area contributed by atoms with E-state index in [2.05, 4.69) is 5.32 Å². The van der Waals surface area contributed by atoms with Gasteiger partial charge in [-0.15, -0.1) is 0 Å². The van der Waals surface area contributed by atoms with E-state index in [1.165, 1.54) is 31.4 Å². The molecule has 4 rings (SSSR count). The van der Waals surface area contributed by atoms with Crippen LogP contribution in [0.4, 0.5) is 0 Å². The van der Waals surface area contributed by atoms with Gasteiger partial charge in [0.2, 0.25) is 0 Å². The van der Waals surface area contributed by atoms with Crippen LogP contribution in [-0.2, 0) is 19.1 Å². The molecule has 0 radical (unpaired) electrons. The van der Waals surface area contributed by atoms with E-state index in [4.69, 9.17) is 9.47 Å². The second-order valence-electron chi connectivity index (χ2n) is 7.55. The number of benzene rings is 1. The van der Waals surface area contributed by atoms with E-state index in [-0.39, 0.29) is 11.6 Å². The van der Waals surface area contributed by atoms with Gasteiger partial charge >= 0.3 is 11.9 Å². The molecule has 8 nitrogen and oxygen atoms in total. The van der Waals surface area contributed by atoms with Crippen LogP contribution in [0.2, 0.25) is 0 Å². The normalized spacial score (nSPS) is 18.8. The Morgan fingerprint density at radius 2 is 1.73 bits per heavy atom. The van der Waals surface area contributed by atoms with Gasteiger partial charge in [0.15, 0.2) is 6.04 Å². The summed E-state index contributed by atoms with van der Waals surface area (Å²) in [6.45, 7) is 0. The summed E-state index contributed by atoms with van der Waals surface area (Å²) in [5.41, 5.74) is 1.08. The van der Waals surface area contributed by atoms with Gasteiger partial charge in [0.05, 0.1) is 19.9 Å². The molecule has 1 aliphatic heterocycles. The number of rotatable bonds is 5. The van der Waals surface area contributed by atoms with Crippen LogP contribution in [0.25, 0.3) is 17.1 Å². The van der Waals surface area contributed by atoms with Crippen LogP contribution in [0.1, 0.15) is 38.1 Å². The molecule has 1 saturated carbocycles. The maximum absolute atomic E-state index is 13.0. The van der Waals surface area contributed by atoms with Crippen molar-refractivity contribution in [2.24, 2.45) is 0 Å². The molecule has 0 saturated heterocycles. The van der Waals surface area contributed by atoms with Crippen LogP contribution in [0.3, 0.4) is 0 Å². The van der Waals surface area contributed by atoms with Crippen molar-refractivity contribution in [3.8, 4) is 11.3 Å². The molecular formula is C22H25N3O5. The number of hydrogen-bond donors (Lipinski definition) is 1. The molecule has 1 atom stereocenters. The molecule has 1 N–H and O–H groups in total. The van der Waals surface area contributed by atoms with E-state index < -0.39 is 23.5 Å². The summed E-state index contributed by atoms with van der Waals surface area (Å²) in [5, 5.41) is 3.45. The van der Waals surface area contributed by atoms with Gasteiger partial charge in [0.1, 0.15) is 11.4 Å². The molecule has 0 bridgehead atoms. The van der Waals surface area contributed by atoms with Gasteiger partial charge in [-0.05, 0) is 12.8 Å².